The predicted molar refractivity (Wildman–Crippen MR) is 77.6 cm³/mol. The molecule has 2 rings (SSSR count). The van der Waals surface area contributed by atoms with Crippen molar-refractivity contribution in [1.82, 2.24) is 14.7 Å². The molecule has 0 aromatic carbocycles. The van der Waals surface area contributed by atoms with Crippen LogP contribution in [0.25, 0.3) is 0 Å². The zero-order chi connectivity index (χ0) is 14.0. The smallest absolute Gasteiger partial charge is 0.0850 e. The van der Waals surface area contributed by atoms with Crippen LogP contribution in [0.4, 0.5) is 0 Å². The third-order valence-electron chi connectivity index (χ3n) is 4.14. The van der Waals surface area contributed by atoms with Gasteiger partial charge in [-0.15, -0.1) is 0 Å². The van der Waals surface area contributed by atoms with Crippen LogP contribution >= 0.6 is 11.6 Å². The SMILES string of the molecule is CCc1nn(C)c(CC2(O)CCCN(C)CC2)c1Cl. The van der Waals surface area contributed by atoms with Gasteiger partial charge in [-0.2, -0.15) is 5.10 Å². The van der Waals surface area contributed by atoms with Gasteiger partial charge in [0.25, 0.3) is 0 Å². The lowest BCUT2D eigenvalue weighted by Crippen LogP contribution is -2.33. The third kappa shape index (κ3) is 3.30. The summed E-state index contributed by atoms with van der Waals surface area (Å²) in [5.41, 5.74) is 1.24. The summed E-state index contributed by atoms with van der Waals surface area (Å²) in [6.07, 6.45) is 4.09. The Morgan fingerprint density at radius 3 is 2.68 bits per heavy atom. The first-order valence-corrected chi connectivity index (χ1v) is 7.44. The Morgan fingerprint density at radius 1 is 1.32 bits per heavy atom. The molecular weight excluding hydrogens is 262 g/mol. The van der Waals surface area contributed by atoms with E-state index in [1.807, 2.05) is 18.7 Å². The van der Waals surface area contributed by atoms with Gasteiger partial charge in [0.2, 0.25) is 0 Å². The van der Waals surface area contributed by atoms with Gasteiger partial charge in [-0.3, -0.25) is 4.68 Å². The van der Waals surface area contributed by atoms with E-state index in [9.17, 15) is 5.11 Å². The van der Waals surface area contributed by atoms with Gasteiger partial charge in [-0.1, -0.05) is 18.5 Å². The maximum Gasteiger partial charge on any atom is 0.0850 e. The molecule has 4 nitrogen and oxygen atoms in total. The van der Waals surface area contributed by atoms with Crippen molar-refractivity contribution in [2.75, 3.05) is 20.1 Å². The summed E-state index contributed by atoms with van der Waals surface area (Å²) in [4.78, 5) is 2.28. The molecule has 0 saturated carbocycles. The fourth-order valence-corrected chi connectivity index (χ4v) is 3.17. The maximum absolute atomic E-state index is 10.8. The van der Waals surface area contributed by atoms with E-state index in [1.165, 1.54) is 0 Å². The number of halogens is 1. The van der Waals surface area contributed by atoms with Crippen LogP contribution in [-0.2, 0) is 19.9 Å². The van der Waals surface area contributed by atoms with Crippen molar-refractivity contribution in [1.29, 1.82) is 0 Å². The van der Waals surface area contributed by atoms with E-state index in [4.69, 9.17) is 11.6 Å². The minimum atomic E-state index is -0.646. The lowest BCUT2D eigenvalue weighted by molar-refractivity contribution is 0.0246. The molecule has 0 aliphatic carbocycles. The Bertz CT molecular complexity index is 446. The van der Waals surface area contributed by atoms with Crippen LogP contribution in [-0.4, -0.2) is 45.5 Å². The van der Waals surface area contributed by atoms with Crippen LogP contribution in [0.3, 0.4) is 0 Å². The highest BCUT2D eigenvalue weighted by atomic mass is 35.5. The molecule has 2 heterocycles. The molecule has 0 radical (unpaired) electrons. The first-order valence-electron chi connectivity index (χ1n) is 7.06. The molecule has 1 atom stereocenters. The summed E-state index contributed by atoms with van der Waals surface area (Å²) in [6, 6.07) is 0. The minimum absolute atomic E-state index is 0.600. The number of rotatable bonds is 3. The molecule has 0 spiro atoms. The van der Waals surface area contributed by atoms with Gasteiger partial charge in [0.05, 0.1) is 22.0 Å². The second kappa shape index (κ2) is 5.81. The van der Waals surface area contributed by atoms with Crippen molar-refractivity contribution >= 4 is 11.6 Å². The minimum Gasteiger partial charge on any atom is -0.389 e. The first-order chi connectivity index (χ1) is 8.95. The number of likely N-dealkylation sites (tertiary alicyclic amines) is 1. The van der Waals surface area contributed by atoms with E-state index in [2.05, 4.69) is 17.0 Å². The van der Waals surface area contributed by atoms with Gasteiger partial charge in [0, 0.05) is 20.0 Å². The molecule has 1 aromatic heterocycles. The first kappa shape index (κ1) is 14.8. The predicted octanol–water partition coefficient (Wildman–Crippen LogP) is 2.03. The van der Waals surface area contributed by atoms with E-state index >= 15 is 0 Å². The average Bonchev–Trinajstić information content (AvgIpc) is 2.53. The van der Waals surface area contributed by atoms with E-state index < -0.39 is 5.60 Å². The monoisotopic (exact) mass is 285 g/mol. The maximum atomic E-state index is 10.8. The topological polar surface area (TPSA) is 41.3 Å². The lowest BCUT2D eigenvalue weighted by Gasteiger charge is -2.26. The third-order valence-corrected chi connectivity index (χ3v) is 4.58. The van der Waals surface area contributed by atoms with Crippen LogP contribution in [0.15, 0.2) is 0 Å². The molecule has 1 saturated heterocycles. The number of nitrogens with zero attached hydrogens (tertiary/aromatic N) is 3. The highest BCUT2D eigenvalue weighted by molar-refractivity contribution is 6.31. The van der Waals surface area contributed by atoms with Crippen molar-refractivity contribution in [2.45, 2.75) is 44.6 Å². The number of hydrogen-bond donors (Lipinski definition) is 1. The van der Waals surface area contributed by atoms with Crippen LogP contribution < -0.4 is 0 Å². The lowest BCUT2D eigenvalue weighted by atomic mass is 9.89. The summed E-state index contributed by atoms with van der Waals surface area (Å²) in [5.74, 6) is 0. The summed E-state index contributed by atoms with van der Waals surface area (Å²) < 4.78 is 1.83. The molecule has 108 valence electrons. The molecule has 5 heteroatoms. The van der Waals surface area contributed by atoms with E-state index in [-0.39, 0.29) is 0 Å². The Hall–Kier alpha value is -0.580. The zero-order valence-corrected chi connectivity index (χ0v) is 12.9. The van der Waals surface area contributed by atoms with Crippen LogP contribution in [0.2, 0.25) is 5.02 Å². The van der Waals surface area contributed by atoms with Crippen molar-refractivity contribution < 1.29 is 5.11 Å². The molecule has 19 heavy (non-hydrogen) atoms. The summed E-state index contributed by atoms with van der Waals surface area (Å²) in [7, 11) is 4.02. The van der Waals surface area contributed by atoms with Gasteiger partial charge in [0.15, 0.2) is 0 Å². The summed E-state index contributed by atoms with van der Waals surface area (Å²) in [6.45, 7) is 4.04. The van der Waals surface area contributed by atoms with Crippen LogP contribution in [0, 0.1) is 0 Å². The van der Waals surface area contributed by atoms with Gasteiger partial charge < -0.3 is 10.0 Å². The fourth-order valence-electron chi connectivity index (χ4n) is 2.81. The van der Waals surface area contributed by atoms with Crippen molar-refractivity contribution in [3.05, 3.63) is 16.4 Å². The van der Waals surface area contributed by atoms with Gasteiger partial charge >= 0.3 is 0 Å². The molecule has 0 amide bonds. The highest BCUT2D eigenvalue weighted by Gasteiger charge is 2.32. The highest BCUT2D eigenvalue weighted by Crippen LogP contribution is 2.30. The van der Waals surface area contributed by atoms with Crippen molar-refractivity contribution in [3.63, 3.8) is 0 Å². The summed E-state index contributed by atoms with van der Waals surface area (Å²) in [5, 5.41) is 16.0. The van der Waals surface area contributed by atoms with E-state index in [0.29, 0.717) is 6.42 Å². The number of aryl methyl sites for hydroxylation is 2. The van der Waals surface area contributed by atoms with Crippen molar-refractivity contribution in [2.24, 2.45) is 7.05 Å². The summed E-state index contributed by atoms with van der Waals surface area (Å²) >= 11 is 6.38. The number of aliphatic hydroxyl groups is 1. The van der Waals surface area contributed by atoms with Gasteiger partial charge in [0.1, 0.15) is 0 Å². The largest absolute Gasteiger partial charge is 0.389 e. The quantitative estimate of drug-likeness (QED) is 0.924. The standard InChI is InChI=1S/C14H24ClN3O/c1-4-11-13(15)12(18(3)16-11)10-14(19)6-5-8-17(2)9-7-14/h19H,4-10H2,1-3H3. The van der Waals surface area contributed by atoms with Crippen LogP contribution in [0.5, 0.6) is 0 Å². The van der Waals surface area contributed by atoms with E-state index in [0.717, 1.165) is 55.2 Å². The average molecular weight is 286 g/mol. The Kier molecular flexibility index (Phi) is 4.54. The second-order valence-electron chi connectivity index (χ2n) is 5.74. The molecule has 1 N–H and O–H groups in total. The molecule has 1 aliphatic rings. The Balaban J connectivity index is 2.17. The van der Waals surface area contributed by atoms with Gasteiger partial charge in [-0.05, 0) is 39.3 Å². The number of aromatic nitrogens is 2. The molecular formula is C14H24ClN3O. The second-order valence-corrected chi connectivity index (χ2v) is 6.12. The Morgan fingerprint density at radius 2 is 2.05 bits per heavy atom. The number of hydrogen-bond acceptors (Lipinski definition) is 3. The van der Waals surface area contributed by atoms with Crippen molar-refractivity contribution in [3.8, 4) is 0 Å². The molecule has 0 bridgehead atoms. The molecule has 1 fully saturated rings. The van der Waals surface area contributed by atoms with E-state index in [1.54, 1.807) is 0 Å². The normalized spacial score (nSPS) is 25.5. The van der Waals surface area contributed by atoms with Crippen LogP contribution in [0.1, 0.15) is 37.6 Å². The molecule has 1 unspecified atom stereocenters. The fraction of sp³-hybridized carbons (Fsp3) is 0.786. The molecule has 1 aliphatic heterocycles. The Labute approximate surface area is 120 Å². The molecule has 1 aromatic rings. The zero-order valence-electron chi connectivity index (χ0n) is 12.1. The van der Waals surface area contributed by atoms with Gasteiger partial charge in [-0.25, -0.2) is 0 Å².